The van der Waals surface area contributed by atoms with E-state index >= 15 is 0 Å². The first-order valence-corrected chi connectivity index (χ1v) is 7.81. The summed E-state index contributed by atoms with van der Waals surface area (Å²) in [5.74, 6) is 0. The Morgan fingerprint density at radius 1 is 1.28 bits per heavy atom. The molecule has 1 aliphatic carbocycles. The van der Waals surface area contributed by atoms with E-state index in [9.17, 15) is 0 Å². The zero-order valence-corrected chi connectivity index (χ0v) is 12.2. The second-order valence-corrected chi connectivity index (χ2v) is 6.25. The normalized spacial score (nSPS) is 31.7. The van der Waals surface area contributed by atoms with E-state index in [0.29, 0.717) is 11.6 Å². The van der Waals surface area contributed by atoms with Gasteiger partial charge in [-0.15, -0.1) is 0 Å². The molecule has 2 aliphatic rings. The number of hydrogen-bond donors (Lipinski definition) is 1. The van der Waals surface area contributed by atoms with Gasteiger partial charge in [-0.05, 0) is 45.7 Å². The molecule has 1 heterocycles. The Bertz CT molecular complexity index is 241. The lowest BCUT2D eigenvalue weighted by Gasteiger charge is -2.32. The van der Waals surface area contributed by atoms with Crippen molar-refractivity contribution >= 4 is 0 Å². The fraction of sp³-hybridized carbons (Fsp3) is 1.00. The SMILES string of the molecule is CCC1(C)CN(CCOC2CCCC2)CCCN1. The Balaban J connectivity index is 1.70. The average Bonchev–Trinajstić information content (AvgIpc) is 2.80. The third-order valence-electron chi connectivity index (χ3n) is 4.62. The third kappa shape index (κ3) is 4.22. The number of hydrogen-bond acceptors (Lipinski definition) is 3. The van der Waals surface area contributed by atoms with E-state index in [-0.39, 0.29) is 0 Å². The van der Waals surface area contributed by atoms with Crippen molar-refractivity contribution in [1.29, 1.82) is 0 Å². The van der Waals surface area contributed by atoms with Gasteiger partial charge in [0.15, 0.2) is 0 Å². The van der Waals surface area contributed by atoms with Crippen LogP contribution in [-0.2, 0) is 4.74 Å². The van der Waals surface area contributed by atoms with Crippen molar-refractivity contribution in [1.82, 2.24) is 10.2 Å². The maximum absolute atomic E-state index is 5.99. The van der Waals surface area contributed by atoms with Gasteiger partial charge >= 0.3 is 0 Å². The monoisotopic (exact) mass is 254 g/mol. The van der Waals surface area contributed by atoms with Crippen molar-refractivity contribution in [2.75, 3.05) is 32.8 Å². The summed E-state index contributed by atoms with van der Waals surface area (Å²) in [7, 11) is 0. The lowest BCUT2D eigenvalue weighted by Crippen LogP contribution is -2.49. The third-order valence-corrected chi connectivity index (χ3v) is 4.62. The van der Waals surface area contributed by atoms with E-state index in [4.69, 9.17) is 4.74 Å². The molecule has 0 aromatic carbocycles. The highest BCUT2D eigenvalue weighted by atomic mass is 16.5. The van der Waals surface area contributed by atoms with Crippen molar-refractivity contribution in [3.8, 4) is 0 Å². The molecule has 0 spiro atoms. The van der Waals surface area contributed by atoms with Crippen LogP contribution in [0.15, 0.2) is 0 Å². The zero-order chi connectivity index (χ0) is 12.8. The van der Waals surface area contributed by atoms with Gasteiger partial charge in [0.25, 0.3) is 0 Å². The van der Waals surface area contributed by atoms with E-state index in [2.05, 4.69) is 24.1 Å². The molecule has 3 nitrogen and oxygen atoms in total. The van der Waals surface area contributed by atoms with Crippen molar-refractivity contribution in [2.24, 2.45) is 0 Å². The molecular weight excluding hydrogens is 224 g/mol. The highest BCUT2D eigenvalue weighted by Crippen LogP contribution is 2.21. The van der Waals surface area contributed by atoms with Crippen molar-refractivity contribution in [2.45, 2.75) is 64.0 Å². The molecule has 106 valence electrons. The van der Waals surface area contributed by atoms with Gasteiger partial charge in [-0.25, -0.2) is 0 Å². The maximum atomic E-state index is 5.99. The molecule has 1 atom stereocenters. The van der Waals surface area contributed by atoms with Crippen molar-refractivity contribution in [3.05, 3.63) is 0 Å². The Hall–Kier alpha value is -0.120. The average molecular weight is 254 g/mol. The van der Waals surface area contributed by atoms with Crippen LogP contribution in [0.4, 0.5) is 0 Å². The van der Waals surface area contributed by atoms with Gasteiger partial charge in [-0.1, -0.05) is 19.8 Å². The van der Waals surface area contributed by atoms with E-state index < -0.39 is 0 Å². The number of nitrogens with zero attached hydrogens (tertiary/aromatic N) is 1. The fourth-order valence-electron chi connectivity index (χ4n) is 3.15. The van der Waals surface area contributed by atoms with Gasteiger partial charge in [0, 0.05) is 18.6 Å². The molecule has 0 bridgehead atoms. The molecular formula is C15H30N2O. The van der Waals surface area contributed by atoms with Gasteiger partial charge in [-0.3, -0.25) is 4.90 Å². The lowest BCUT2D eigenvalue weighted by molar-refractivity contribution is 0.0391. The van der Waals surface area contributed by atoms with Crippen LogP contribution < -0.4 is 5.32 Å². The second kappa shape index (κ2) is 6.88. The highest BCUT2D eigenvalue weighted by molar-refractivity contribution is 4.87. The minimum absolute atomic E-state index is 0.295. The van der Waals surface area contributed by atoms with E-state index in [0.717, 1.165) is 26.2 Å². The summed E-state index contributed by atoms with van der Waals surface area (Å²) in [5.41, 5.74) is 0.295. The smallest absolute Gasteiger partial charge is 0.0597 e. The molecule has 0 aromatic rings. The standard InChI is InChI=1S/C15H30N2O/c1-3-15(2)13-17(10-6-9-16-15)11-12-18-14-7-4-5-8-14/h14,16H,3-13H2,1-2H3. The largest absolute Gasteiger partial charge is 0.377 e. The molecule has 1 N–H and O–H groups in total. The maximum Gasteiger partial charge on any atom is 0.0597 e. The summed E-state index contributed by atoms with van der Waals surface area (Å²) in [6.07, 6.45) is 8.33. The predicted octanol–water partition coefficient (Wildman–Crippen LogP) is 2.41. The van der Waals surface area contributed by atoms with E-state index in [1.54, 1.807) is 0 Å². The Labute approximate surface area is 112 Å². The second-order valence-electron chi connectivity index (χ2n) is 6.25. The first kappa shape index (κ1) is 14.3. The first-order chi connectivity index (χ1) is 8.72. The quantitative estimate of drug-likeness (QED) is 0.815. The van der Waals surface area contributed by atoms with E-state index in [1.165, 1.54) is 45.1 Å². The van der Waals surface area contributed by atoms with Crippen LogP contribution >= 0.6 is 0 Å². The van der Waals surface area contributed by atoms with Gasteiger partial charge in [0.05, 0.1) is 12.7 Å². The summed E-state index contributed by atoms with van der Waals surface area (Å²) in [6.45, 7) is 10.2. The molecule has 0 radical (unpaired) electrons. The summed E-state index contributed by atoms with van der Waals surface area (Å²) in [5, 5.41) is 3.69. The van der Waals surface area contributed by atoms with Crippen molar-refractivity contribution in [3.63, 3.8) is 0 Å². The Kier molecular flexibility index (Phi) is 5.46. The molecule has 1 saturated heterocycles. The first-order valence-electron chi connectivity index (χ1n) is 7.81. The van der Waals surface area contributed by atoms with Gasteiger partial charge in [0.2, 0.25) is 0 Å². The molecule has 1 unspecified atom stereocenters. The molecule has 0 aromatic heterocycles. The van der Waals surface area contributed by atoms with Gasteiger partial charge in [0.1, 0.15) is 0 Å². The minimum atomic E-state index is 0.295. The molecule has 1 aliphatic heterocycles. The highest BCUT2D eigenvalue weighted by Gasteiger charge is 2.26. The molecule has 2 fully saturated rings. The Morgan fingerprint density at radius 2 is 2.06 bits per heavy atom. The molecule has 3 heteroatoms. The number of ether oxygens (including phenoxy) is 1. The van der Waals surface area contributed by atoms with Crippen LogP contribution in [0.25, 0.3) is 0 Å². The molecule has 18 heavy (non-hydrogen) atoms. The minimum Gasteiger partial charge on any atom is -0.377 e. The van der Waals surface area contributed by atoms with Crippen molar-refractivity contribution < 1.29 is 4.74 Å². The number of rotatable bonds is 5. The molecule has 0 amide bonds. The summed E-state index contributed by atoms with van der Waals surface area (Å²) in [6, 6.07) is 0. The summed E-state index contributed by atoms with van der Waals surface area (Å²) >= 11 is 0. The van der Waals surface area contributed by atoms with Crippen LogP contribution in [0.1, 0.15) is 52.4 Å². The van der Waals surface area contributed by atoms with E-state index in [1.807, 2.05) is 0 Å². The lowest BCUT2D eigenvalue weighted by atomic mass is 9.99. The Morgan fingerprint density at radius 3 is 2.78 bits per heavy atom. The summed E-state index contributed by atoms with van der Waals surface area (Å²) in [4.78, 5) is 2.58. The summed E-state index contributed by atoms with van der Waals surface area (Å²) < 4.78 is 5.99. The van der Waals surface area contributed by atoms with Crippen LogP contribution in [0.2, 0.25) is 0 Å². The van der Waals surface area contributed by atoms with Crippen LogP contribution in [0.5, 0.6) is 0 Å². The number of nitrogens with one attached hydrogen (secondary N) is 1. The molecule has 2 rings (SSSR count). The van der Waals surface area contributed by atoms with Gasteiger partial charge < -0.3 is 10.1 Å². The van der Waals surface area contributed by atoms with Gasteiger partial charge in [-0.2, -0.15) is 0 Å². The van der Waals surface area contributed by atoms with Crippen LogP contribution in [0, 0.1) is 0 Å². The molecule has 1 saturated carbocycles. The zero-order valence-electron chi connectivity index (χ0n) is 12.2. The van der Waals surface area contributed by atoms with Crippen LogP contribution in [-0.4, -0.2) is 49.3 Å². The topological polar surface area (TPSA) is 24.5 Å². The van der Waals surface area contributed by atoms with Crippen LogP contribution in [0.3, 0.4) is 0 Å². The predicted molar refractivity (Wildman–Crippen MR) is 76.0 cm³/mol. The fourth-order valence-corrected chi connectivity index (χ4v) is 3.15.